The molecule has 1 atom stereocenters. The Morgan fingerprint density at radius 2 is 1.60 bits per heavy atom. The molecule has 2 amide bonds. The molecule has 0 heterocycles. The van der Waals surface area contributed by atoms with Crippen LogP contribution in [0.25, 0.3) is 0 Å². The van der Waals surface area contributed by atoms with Crippen molar-refractivity contribution in [2.45, 2.75) is 59.6 Å². The Morgan fingerprint density at radius 3 is 2.13 bits per heavy atom. The summed E-state index contributed by atoms with van der Waals surface area (Å²) in [7, 11) is 0. The summed E-state index contributed by atoms with van der Waals surface area (Å²) < 4.78 is 5.22. The number of ether oxygens (including phenoxy) is 1. The first kappa shape index (κ1) is 23.3. The molecule has 0 radical (unpaired) electrons. The van der Waals surface area contributed by atoms with Crippen LogP contribution in [0.15, 0.2) is 35.4 Å². The Labute approximate surface area is 177 Å². The Bertz CT molecular complexity index is 893. The van der Waals surface area contributed by atoms with Crippen molar-refractivity contribution in [2.75, 3.05) is 6.54 Å². The smallest absolute Gasteiger partial charge is 0.408 e. The van der Waals surface area contributed by atoms with E-state index < -0.39 is 17.7 Å². The van der Waals surface area contributed by atoms with Crippen LogP contribution >= 0.6 is 0 Å². The summed E-state index contributed by atoms with van der Waals surface area (Å²) in [5, 5.41) is 5.35. The van der Waals surface area contributed by atoms with Gasteiger partial charge in [-0.15, -0.1) is 0 Å². The molecular weight excluding hydrogens is 384 g/mol. The monoisotopic (exact) mass is 414 g/mol. The summed E-state index contributed by atoms with van der Waals surface area (Å²) in [4.78, 5) is 50.0. The lowest BCUT2D eigenvalue weighted by Crippen LogP contribution is -2.51. The first-order valence-corrected chi connectivity index (χ1v) is 10.1. The fourth-order valence-electron chi connectivity index (χ4n) is 3.24. The van der Waals surface area contributed by atoms with Crippen LogP contribution in [0.5, 0.6) is 0 Å². The van der Waals surface area contributed by atoms with E-state index in [2.05, 4.69) is 10.6 Å². The van der Waals surface area contributed by atoms with Crippen molar-refractivity contribution in [2.24, 2.45) is 5.92 Å². The summed E-state index contributed by atoms with van der Waals surface area (Å²) in [6.45, 7) is 10.7. The summed E-state index contributed by atoms with van der Waals surface area (Å²) in [6.07, 6.45) is -0.437. The van der Waals surface area contributed by atoms with Gasteiger partial charge in [0.2, 0.25) is 5.91 Å². The molecule has 0 spiro atoms. The molecule has 0 aliphatic heterocycles. The molecule has 0 aromatic heterocycles. The quantitative estimate of drug-likeness (QED) is 0.742. The second kappa shape index (κ2) is 9.24. The molecule has 30 heavy (non-hydrogen) atoms. The minimum absolute atomic E-state index is 0.164. The number of carbonyl (C=O) groups excluding carboxylic acids is 4. The van der Waals surface area contributed by atoms with E-state index in [-0.39, 0.29) is 36.4 Å². The summed E-state index contributed by atoms with van der Waals surface area (Å²) >= 11 is 0. The van der Waals surface area contributed by atoms with Crippen LogP contribution < -0.4 is 10.6 Å². The normalized spacial score (nSPS) is 15.0. The molecule has 2 rings (SSSR count). The average Bonchev–Trinajstić information content (AvgIpc) is 2.65. The minimum Gasteiger partial charge on any atom is -0.444 e. The summed E-state index contributed by atoms with van der Waals surface area (Å²) in [5.74, 6) is -0.894. The van der Waals surface area contributed by atoms with Crippen LogP contribution in [0.3, 0.4) is 0 Å². The van der Waals surface area contributed by atoms with Gasteiger partial charge in [0.1, 0.15) is 11.6 Å². The van der Waals surface area contributed by atoms with E-state index >= 15 is 0 Å². The number of hydrogen-bond acceptors (Lipinski definition) is 5. The second-order valence-corrected chi connectivity index (χ2v) is 8.72. The van der Waals surface area contributed by atoms with Gasteiger partial charge in [-0.25, -0.2) is 4.79 Å². The van der Waals surface area contributed by atoms with Gasteiger partial charge in [-0.2, -0.15) is 0 Å². The summed E-state index contributed by atoms with van der Waals surface area (Å²) in [5.41, 5.74) is 0.937. The SMILES string of the molecule is CC1=C(CCNC(=O)C(NC(=O)OC(C)(C)C)C(C)C)C(=O)c2ccccc2C1=O. The maximum atomic E-state index is 12.8. The summed E-state index contributed by atoms with van der Waals surface area (Å²) in [6, 6.07) is 5.96. The van der Waals surface area contributed by atoms with Crippen LogP contribution in [0, 0.1) is 5.92 Å². The van der Waals surface area contributed by atoms with Crippen molar-refractivity contribution in [1.82, 2.24) is 10.6 Å². The molecule has 7 nitrogen and oxygen atoms in total. The Hall–Kier alpha value is -2.96. The zero-order valence-electron chi connectivity index (χ0n) is 18.4. The molecule has 1 aliphatic rings. The molecule has 162 valence electrons. The molecule has 1 aromatic rings. The predicted molar refractivity (Wildman–Crippen MR) is 113 cm³/mol. The second-order valence-electron chi connectivity index (χ2n) is 8.72. The van der Waals surface area contributed by atoms with Gasteiger partial charge in [0.05, 0.1) is 0 Å². The number of rotatable bonds is 6. The van der Waals surface area contributed by atoms with Gasteiger partial charge in [-0.05, 0) is 40.0 Å². The molecule has 1 aliphatic carbocycles. The van der Waals surface area contributed by atoms with Gasteiger partial charge in [-0.3, -0.25) is 14.4 Å². The van der Waals surface area contributed by atoms with Gasteiger partial charge in [0, 0.05) is 28.8 Å². The fourth-order valence-corrected chi connectivity index (χ4v) is 3.24. The van der Waals surface area contributed by atoms with E-state index in [1.165, 1.54) is 0 Å². The van der Waals surface area contributed by atoms with E-state index in [9.17, 15) is 19.2 Å². The molecule has 0 saturated heterocycles. The van der Waals surface area contributed by atoms with Crippen molar-refractivity contribution in [3.63, 3.8) is 0 Å². The maximum absolute atomic E-state index is 12.8. The van der Waals surface area contributed by atoms with Crippen LogP contribution in [0.1, 0.15) is 68.7 Å². The molecule has 2 N–H and O–H groups in total. The molecule has 1 aromatic carbocycles. The third kappa shape index (κ3) is 5.55. The predicted octanol–water partition coefficient (Wildman–Crippen LogP) is 3.44. The lowest BCUT2D eigenvalue weighted by molar-refractivity contribution is -0.124. The highest BCUT2D eigenvalue weighted by Crippen LogP contribution is 2.27. The van der Waals surface area contributed by atoms with E-state index in [4.69, 9.17) is 4.74 Å². The lowest BCUT2D eigenvalue weighted by Gasteiger charge is -2.25. The molecule has 0 bridgehead atoms. The van der Waals surface area contributed by atoms with Crippen LogP contribution in [-0.4, -0.2) is 41.8 Å². The average molecular weight is 415 g/mol. The third-order valence-electron chi connectivity index (χ3n) is 4.78. The molecule has 0 fully saturated rings. The number of allylic oxidation sites excluding steroid dienone is 1. The van der Waals surface area contributed by atoms with E-state index in [1.54, 1.807) is 52.0 Å². The first-order chi connectivity index (χ1) is 13.9. The van der Waals surface area contributed by atoms with Gasteiger partial charge in [-0.1, -0.05) is 38.1 Å². The zero-order chi connectivity index (χ0) is 22.6. The topological polar surface area (TPSA) is 102 Å². The highest BCUT2D eigenvalue weighted by molar-refractivity contribution is 6.26. The van der Waals surface area contributed by atoms with Gasteiger partial charge in [0.25, 0.3) is 0 Å². The number of amides is 2. The number of nitrogens with one attached hydrogen (secondary N) is 2. The van der Waals surface area contributed by atoms with Crippen molar-refractivity contribution in [1.29, 1.82) is 0 Å². The number of hydrogen-bond donors (Lipinski definition) is 2. The maximum Gasteiger partial charge on any atom is 0.408 e. The van der Waals surface area contributed by atoms with Crippen molar-refractivity contribution in [3.05, 3.63) is 46.5 Å². The van der Waals surface area contributed by atoms with E-state index in [0.717, 1.165) is 0 Å². The number of carbonyl (C=O) groups is 4. The molecule has 1 unspecified atom stereocenters. The Morgan fingerprint density at radius 1 is 1.03 bits per heavy atom. The Balaban J connectivity index is 2.01. The van der Waals surface area contributed by atoms with E-state index in [0.29, 0.717) is 22.3 Å². The first-order valence-electron chi connectivity index (χ1n) is 10.1. The van der Waals surface area contributed by atoms with Crippen LogP contribution in [0.2, 0.25) is 0 Å². The van der Waals surface area contributed by atoms with Crippen molar-refractivity contribution < 1.29 is 23.9 Å². The number of Topliss-reactive ketones (excluding diaryl/α,β-unsaturated/α-hetero) is 2. The number of alkyl carbamates (subject to hydrolysis) is 1. The molecular formula is C23H30N2O5. The molecule has 7 heteroatoms. The van der Waals surface area contributed by atoms with Crippen molar-refractivity contribution in [3.8, 4) is 0 Å². The van der Waals surface area contributed by atoms with Gasteiger partial charge < -0.3 is 15.4 Å². The Kier molecular flexibility index (Phi) is 7.18. The standard InChI is InChI=1S/C23H30N2O5/c1-13(2)18(25-22(29)30-23(4,5)6)21(28)24-12-11-15-14(3)19(26)16-9-7-8-10-17(16)20(15)27/h7-10,13,18H,11-12H2,1-6H3,(H,24,28)(H,25,29). The lowest BCUT2D eigenvalue weighted by atomic mass is 9.83. The number of ketones is 2. The fraction of sp³-hybridized carbons (Fsp3) is 0.478. The largest absolute Gasteiger partial charge is 0.444 e. The van der Waals surface area contributed by atoms with Gasteiger partial charge >= 0.3 is 6.09 Å². The number of benzene rings is 1. The van der Waals surface area contributed by atoms with Crippen LogP contribution in [-0.2, 0) is 9.53 Å². The van der Waals surface area contributed by atoms with E-state index in [1.807, 2.05) is 13.8 Å². The molecule has 0 saturated carbocycles. The van der Waals surface area contributed by atoms with Gasteiger partial charge in [0.15, 0.2) is 11.6 Å². The van der Waals surface area contributed by atoms with Crippen molar-refractivity contribution >= 4 is 23.6 Å². The zero-order valence-corrected chi connectivity index (χ0v) is 18.4. The third-order valence-corrected chi connectivity index (χ3v) is 4.78. The highest BCUT2D eigenvalue weighted by Gasteiger charge is 2.30. The van der Waals surface area contributed by atoms with Crippen LogP contribution in [0.4, 0.5) is 4.79 Å². The highest BCUT2D eigenvalue weighted by atomic mass is 16.6. The minimum atomic E-state index is -0.778. The number of fused-ring (bicyclic) bond motifs is 1.